The predicted octanol–water partition coefficient (Wildman–Crippen LogP) is 4.24. The van der Waals surface area contributed by atoms with Gasteiger partial charge in [-0.05, 0) is 57.1 Å². The van der Waals surface area contributed by atoms with Gasteiger partial charge in [0.05, 0.1) is 17.7 Å². The molecule has 1 heterocycles. The van der Waals surface area contributed by atoms with Crippen molar-refractivity contribution in [2.24, 2.45) is 0 Å². The Kier molecular flexibility index (Phi) is 6.24. The van der Waals surface area contributed by atoms with Crippen LogP contribution in [0.5, 0.6) is 5.75 Å². The number of ketones is 1. The van der Waals surface area contributed by atoms with Crippen LogP contribution in [0.1, 0.15) is 45.7 Å². The second kappa shape index (κ2) is 7.99. The lowest BCUT2D eigenvalue weighted by molar-refractivity contribution is -0.114. The molecule has 0 amide bonds. The lowest BCUT2D eigenvalue weighted by Crippen LogP contribution is -2.47. The molecule has 6 heteroatoms. The molecule has 1 aromatic rings. The summed E-state index contributed by atoms with van der Waals surface area (Å²) in [4.78, 5) is 14.2. The van der Waals surface area contributed by atoms with Crippen LogP contribution in [0, 0.1) is 0 Å². The fourth-order valence-corrected chi connectivity index (χ4v) is 3.52. The monoisotopic (exact) mass is 366 g/mol. The third-order valence-corrected chi connectivity index (χ3v) is 4.68. The molecule has 0 radical (unpaired) electrons. The van der Waals surface area contributed by atoms with E-state index in [0.717, 1.165) is 17.7 Å². The average molecular weight is 367 g/mol. The summed E-state index contributed by atoms with van der Waals surface area (Å²) < 4.78 is 5.61. The predicted molar refractivity (Wildman–Crippen MR) is 101 cm³/mol. The van der Waals surface area contributed by atoms with Gasteiger partial charge in [0.15, 0.2) is 10.9 Å². The van der Waals surface area contributed by atoms with Crippen LogP contribution in [0.4, 0.5) is 0 Å². The first-order valence-electron chi connectivity index (χ1n) is 8.12. The number of halogens is 1. The summed E-state index contributed by atoms with van der Waals surface area (Å²) in [5.41, 5.74) is 2.50. The highest BCUT2D eigenvalue weighted by atomic mass is 35.5. The Labute approximate surface area is 153 Å². The summed E-state index contributed by atoms with van der Waals surface area (Å²) in [5, 5.41) is 4.42. The molecule has 0 fully saturated rings. The van der Waals surface area contributed by atoms with Crippen molar-refractivity contribution in [3.05, 3.63) is 40.1 Å². The Hall–Kier alpha value is -1.59. The fraction of sp³-hybridized carbons (Fsp3) is 0.444. The third kappa shape index (κ3) is 3.73. The van der Waals surface area contributed by atoms with Gasteiger partial charge < -0.3 is 15.0 Å². The molecule has 1 unspecified atom stereocenters. The quantitative estimate of drug-likeness (QED) is 0.762. The highest BCUT2D eigenvalue weighted by molar-refractivity contribution is 7.80. The minimum Gasteiger partial charge on any atom is -0.492 e. The Morgan fingerprint density at radius 1 is 1.42 bits per heavy atom. The van der Waals surface area contributed by atoms with Gasteiger partial charge in [-0.2, -0.15) is 0 Å². The van der Waals surface area contributed by atoms with Crippen molar-refractivity contribution in [2.75, 3.05) is 13.2 Å². The van der Waals surface area contributed by atoms with Crippen molar-refractivity contribution in [3.63, 3.8) is 0 Å². The number of allylic oxidation sites excluding steroid dienone is 1. The molecule has 1 aliphatic rings. The van der Waals surface area contributed by atoms with Crippen LogP contribution < -0.4 is 10.1 Å². The molecule has 1 aromatic carbocycles. The van der Waals surface area contributed by atoms with Gasteiger partial charge in [0.25, 0.3) is 0 Å². The highest BCUT2D eigenvalue weighted by Gasteiger charge is 2.31. The SMILES string of the molecule is CCCOc1ccc(C2NC(=S)N(CC)C(C)=C2C(C)=O)cc1Cl. The molecular weight excluding hydrogens is 344 g/mol. The second-order valence-corrected chi connectivity index (χ2v) is 6.51. The molecule has 2 rings (SSSR count). The summed E-state index contributed by atoms with van der Waals surface area (Å²) in [6.07, 6.45) is 0.916. The standard InChI is InChI=1S/C18H23ClN2O2S/c1-5-9-23-15-8-7-13(10-14(15)19)17-16(12(4)22)11(3)21(6-2)18(24)20-17/h7-8,10,17H,5-6,9H2,1-4H3,(H,20,24). The zero-order valence-corrected chi connectivity index (χ0v) is 16.1. The Bertz CT molecular complexity index is 688. The van der Waals surface area contributed by atoms with E-state index < -0.39 is 0 Å². The van der Waals surface area contributed by atoms with Crippen LogP contribution in [-0.4, -0.2) is 28.9 Å². The van der Waals surface area contributed by atoms with E-state index in [-0.39, 0.29) is 11.8 Å². The number of hydrogen-bond acceptors (Lipinski definition) is 3. The Morgan fingerprint density at radius 3 is 2.67 bits per heavy atom. The van der Waals surface area contributed by atoms with E-state index >= 15 is 0 Å². The molecule has 130 valence electrons. The van der Waals surface area contributed by atoms with E-state index in [1.165, 1.54) is 0 Å². The van der Waals surface area contributed by atoms with Crippen molar-refractivity contribution in [2.45, 2.75) is 40.2 Å². The summed E-state index contributed by atoms with van der Waals surface area (Å²) in [6.45, 7) is 8.89. The summed E-state index contributed by atoms with van der Waals surface area (Å²) in [5.74, 6) is 0.675. The Balaban J connectivity index is 2.43. The van der Waals surface area contributed by atoms with Gasteiger partial charge in [0.2, 0.25) is 0 Å². The van der Waals surface area contributed by atoms with E-state index in [4.69, 9.17) is 28.6 Å². The van der Waals surface area contributed by atoms with Gasteiger partial charge in [-0.25, -0.2) is 0 Å². The number of nitrogens with one attached hydrogen (secondary N) is 1. The van der Waals surface area contributed by atoms with Crippen LogP contribution in [0.25, 0.3) is 0 Å². The van der Waals surface area contributed by atoms with E-state index in [0.29, 0.717) is 34.6 Å². The maximum Gasteiger partial charge on any atom is 0.173 e. The Morgan fingerprint density at radius 2 is 2.12 bits per heavy atom. The molecule has 24 heavy (non-hydrogen) atoms. The molecule has 0 saturated carbocycles. The van der Waals surface area contributed by atoms with Crippen LogP contribution in [0.15, 0.2) is 29.5 Å². The summed E-state index contributed by atoms with van der Waals surface area (Å²) in [6, 6.07) is 5.31. The van der Waals surface area contributed by atoms with E-state index in [1.807, 2.05) is 43.9 Å². The van der Waals surface area contributed by atoms with E-state index in [9.17, 15) is 4.79 Å². The molecule has 0 spiro atoms. The first kappa shape index (κ1) is 18.7. The lowest BCUT2D eigenvalue weighted by Gasteiger charge is -2.37. The fourth-order valence-electron chi connectivity index (χ4n) is 2.89. The number of rotatable bonds is 6. The largest absolute Gasteiger partial charge is 0.492 e. The van der Waals surface area contributed by atoms with E-state index in [2.05, 4.69) is 5.32 Å². The van der Waals surface area contributed by atoms with Gasteiger partial charge in [0.1, 0.15) is 5.75 Å². The minimum absolute atomic E-state index is 0.0216. The number of Topliss-reactive ketones (excluding diaryl/α,β-unsaturated/α-hetero) is 1. The smallest absolute Gasteiger partial charge is 0.173 e. The lowest BCUT2D eigenvalue weighted by atomic mass is 9.92. The summed E-state index contributed by atoms with van der Waals surface area (Å²) in [7, 11) is 0. The molecular formula is C18H23ClN2O2S. The zero-order chi connectivity index (χ0) is 17.9. The van der Waals surface area contributed by atoms with Crippen molar-refractivity contribution in [1.29, 1.82) is 0 Å². The molecule has 0 bridgehead atoms. The van der Waals surface area contributed by atoms with Crippen LogP contribution >= 0.6 is 23.8 Å². The average Bonchev–Trinajstić information content (AvgIpc) is 2.53. The third-order valence-electron chi connectivity index (χ3n) is 4.04. The number of ether oxygens (including phenoxy) is 1. The highest BCUT2D eigenvalue weighted by Crippen LogP contribution is 2.34. The topological polar surface area (TPSA) is 41.6 Å². The number of benzene rings is 1. The molecule has 0 aromatic heterocycles. The molecule has 1 aliphatic heterocycles. The molecule has 1 atom stereocenters. The van der Waals surface area contributed by atoms with Crippen LogP contribution in [0.3, 0.4) is 0 Å². The molecule has 0 saturated heterocycles. The van der Waals surface area contributed by atoms with Crippen LogP contribution in [-0.2, 0) is 4.79 Å². The minimum atomic E-state index is -0.296. The van der Waals surface area contributed by atoms with Gasteiger partial charge in [-0.1, -0.05) is 24.6 Å². The van der Waals surface area contributed by atoms with Gasteiger partial charge >= 0.3 is 0 Å². The number of carbonyl (C=O) groups excluding carboxylic acids is 1. The first-order valence-corrected chi connectivity index (χ1v) is 8.91. The van der Waals surface area contributed by atoms with Crippen molar-refractivity contribution >= 4 is 34.7 Å². The van der Waals surface area contributed by atoms with Crippen LogP contribution in [0.2, 0.25) is 5.02 Å². The van der Waals surface area contributed by atoms with Gasteiger partial charge in [-0.15, -0.1) is 0 Å². The van der Waals surface area contributed by atoms with Gasteiger partial charge in [0, 0.05) is 17.8 Å². The molecule has 1 N–H and O–H groups in total. The maximum absolute atomic E-state index is 12.2. The van der Waals surface area contributed by atoms with Gasteiger partial charge in [-0.3, -0.25) is 4.79 Å². The van der Waals surface area contributed by atoms with E-state index in [1.54, 1.807) is 6.92 Å². The second-order valence-electron chi connectivity index (χ2n) is 5.72. The molecule has 0 aliphatic carbocycles. The normalized spacial score (nSPS) is 17.8. The zero-order valence-electron chi connectivity index (χ0n) is 14.5. The van der Waals surface area contributed by atoms with Crippen molar-refractivity contribution in [1.82, 2.24) is 10.2 Å². The van der Waals surface area contributed by atoms with Crippen molar-refractivity contribution in [3.8, 4) is 5.75 Å². The molecule has 4 nitrogen and oxygen atoms in total. The first-order chi connectivity index (χ1) is 11.4. The number of nitrogens with zero attached hydrogens (tertiary/aromatic N) is 1. The number of hydrogen-bond donors (Lipinski definition) is 1. The number of thiocarbonyl (C=S) groups is 1. The van der Waals surface area contributed by atoms with Crippen molar-refractivity contribution < 1.29 is 9.53 Å². The summed E-state index contributed by atoms with van der Waals surface area (Å²) >= 11 is 11.8. The maximum atomic E-state index is 12.2. The number of carbonyl (C=O) groups is 1.